The van der Waals surface area contributed by atoms with Gasteiger partial charge in [-0.05, 0) is 92.4 Å². The van der Waals surface area contributed by atoms with E-state index < -0.39 is 17.8 Å². The molecule has 0 radical (unpaired) electrons. The number of rotatable bonds is 5. The molecule has 0 atom stereocenters. The predicted molar refractivity (Wildman–Crippen MR) is 133 cm³/mol. The number of halogens is 3. The Hall–Kier alpha value is -3.30. The minimum Gasteiger partial charge on any atom is -0.487 e. The average Bonchev–Trinajstić information content (AvgIpc) is 2.78. The number of barbiturate groups is 1. The molecule has 0 bridgehead atoms. The lowest BCUT2D eigenvalue weighted by Gasteiger charge is -2.26. The fraction of sp³-hybridized carbons (Fsp3) is 0.0800. The maximum absolute atomic E-state index is 13.1. The molecule has 1 N–H and O–H groups in total. The van der Waals surface area contributed by atoms with Crippen LogP contribution in [0.25, 0.3) is 6.08 Å². The number of hydrogen-bond acceptors (Lipinski definition) is 4. The van der Waals surface area contributed by atoms with Crippen LogP contribution in [0.1, 0.15) is 16.7 Å². The Morgan fingerprint density at radius 3 is 2.21 bits per heavy atom. The van der Waals surface area contributed by atoms with Gasteiger partial charge >= 0.3 is 6.03 Å². The third-order valence-corrected chi connectivity index (χ3v) is 6.20. The monoisotopic (exact) mass is 586 g/mol. The van der Waals surface area contributed by atoms with Crippen LogP contribution >= 0.6 is 31.9 Å². The van der Waals surface area contributed by atoms with Gasteiger partial charge in [-0.1, -0.05) is 29.8 Å². The fourth-order valence-electron chi connectivity index (χ4n) is 3.29. The third kappa shape index (κ3) is 5.10. The maximum Gasteiger partial charge on any atom is 0.335 e. The van der Waals surface area contributed by atoms with Crippen molar-refractivity contribution in [2.24, 2.45) is 0 Å². The highest BCUT2D eigenvalue weighted by Crippen LogP contribution is 2.36. The Balaban J connectivity index is 1.60. The summed E-state index contributed by atoms with van der Waals surface area (Å²) < 4.78 is 20.1. The van der Waals surface area contributed by atoms with Gasteiger partial charge in [0.15, 0.2) is 0 Å². The molecular formula is C25H17Br2FN2O4. The third-order valence-electron chi connectivity index (χ3n) is 5.02. The van der Waals surface area contributed by atoms with Gasteiger partial charge in [0.1, 0.15) is 23.7 Å². The van der Waals surface area contributed by atoms with E-state index in [-0.39, 0.29) is 18.0 Å². The number of carbonyl (C=O) groups is 3. The molecule has 0 unspecified atom stereocenters. The molecule has 4 rings (SSSR count). The maximum atomic E-state index is 13.1. The van der Waals surface area contributed by atoms with Crippen molar-refractivity contribution in [1.82, 2.24) is 5.32 Å². The van der Waals surface area contributed by atoms with Crippen molar-refractivity contribution in [2.75, 3.05) is 4.90 Å². The van der Waals surface area contributed by atoms with Crippen molar-refractivity contribution in [2.45, 2.75) is 13.5 Å². The number of nitrogens with zero attached hydrogens (tertiary/aromatic N) is 1. The zero-order valence-electron chi connectivity index (χ0n) is 17.8. The first-order valence-electron chi connectivity index (χ1n) is 10.1. The second kappa shape index (κ2) is 9.90. The van der Waals surface area contributed by atoms with Crippen LogP contribution in [0.2, 0.25) is 0 Å². The first-order valence-corrected chi connectivity index (χ1v) is 11.7. The molecule has 0 spiro atoms. The van der Waals surface area contributed by atoms with E-state index in [1.165, 1.54) is 18.2 Å². The van der Waals surface area contributed by atoms with Gasteiger partial charge in [0, 0.05) is 0 Å². The molecule has 34 heavy (non-hydrogen) atoms. The van der Waals surface area contributed by atoms with Crippen LogP contribution < -0.4 is 15.0 Å². The minimum atomic E-state index is -0.803. The molecule has 3 aromatic carbocycles. The van der Waals surface area contributed by atoms with Crippen LogP contribution in [-0.4, -0.2) is 17.8 Å². The molecule has 0 aliphatic carbocycles. The zero-order chi connectivity index (χ0) is 24.4. The van der Waals surface area contributed by atoms with Crippen LogP contribution in [0.5, 0.6) is 5.75 Å². The second-order valence-electron chi connectivity index (χ2n) is 7.52. The molecular weight excluding hydrogens is 571 g/mol. The summed E-state index contributed by atoms with van der Waals surface area (Å²) in [6.45, 7) is 2.10. The summed E-state index contributed by atoms with van der Waals surface area (Å²) >= 11 is 6.90. The average molecular weight is 588 g/mol. The molecule has 4 amide bonds. The Bertz CT molecular complexity index is 1300. The number of nitrogens with one attached hydrogen (secondary N) is 1. The molecule has 0 saturated carbocycles. The number of ether oxygens (including phenoxy) is 1. The number of anilines is 1. The standard InChI is InChI=1S/C25H17Br2FN2O4/c1-14-2-8-18(9-3-14)30-24(32)19(23(31)29-25(30)33)10-16-11-20(26)22(21(27)12-16)34-13-15-4-6-17(28)7-5-15/h2-12H,13H2,1H3,(H,29,31,33)/b19-10+. The Kier molecular flexibility index (Phi) is 6.95. The first-order chi connectivity index (χ1) is 16.2. The number of aryl methyl sites for hydroxylation is 1. The summed E-state index contributed by atoms with van der Waals surface area (Å²) in [6, 6.07) is 15.4. The van der Waals surface area contributed by atoms with E-state index in [1.54, 1.807) is 48.5 Å². The molecule has 3 aromatic rings. The molecule has 9 heteroatoms. The summed E-state index contributed by atoms with van der Waals surface area (Å²) in [4.78, 5) is 38.8. The SMILES string of the molecule is Cc1ccc(N2C(=O)NC(=O)/C(=C\c3cc(Br)c(OCc4ccc(F)cc4)c(Br)c3)C2=O)cc1. The molecule has 172 valence electrons. The number of urea groups is 1. The summed E-state index contributed by atoms with van der Waals surface area (Å²) in [5.74, 6) is -1.32. The highest BCUT2D eigenvalue weighted by atomic mass is 79.9. The zero-order valence-corrected chi connectivity index (χ0v) is 20.9. The summed E-state index contributed by atoms with van der Waals surface area (Å²) in [5, 5.41) is 2.21. The molecule has 0 aromatic heterocycles. The van der Waals surface area contributed by atoms with E-state index in [0.29, 0.717) is 25.9 Å². The van der Waals surface area contributed by atoms with Crippen LogP contribution in [0.4, 0.5) is 14.9 Å². The summed E-state index contributed by atoms with van der Waals surface area (Å²) in [5.41, 5.74) is 2.47. The normalized spacial score (nSPS) is 15.0. The van der Waals surface area contributed by atoms with Gasteiger partial charge in [-0.15, -0.1) is 0 Å². The van der Waals surface area contributed by atoms with Gasteiger partial charge in [0.25, 0.3) is 11.8 Å². The summed E-state index contributed by atoms with van der Waals surface area (Å²) in [6.07, 6.45) is 1.41. The number of hydrogen-bond donors (Lipinski definition) is 1. The van der Waals surface area contributed by atoms with Crippen molar-refractivity contribution < 1.29 is 23.5 Å². The van der Waals surface area contributed by atoms with Gasteiger partial charge in [0.2, 0.25) is 0 Å². The predicted octanol–water partition coefficient (Wildman–Crippen LogP) is 5.90. The minimum absolute atomic E-state index is 0.182. The Labute approximate surface area is 211 Å². The van der Waals surface area contributed by atoms with Crippen LogP contribution in [0.15, 0.2) is 75.2 Å². The van der Waals surface area contributed by atoms with Crippen LogP contribution in [0, 0.1) is 12.7 Å². The molecule has 1 aliphatic heterocycles. The van der Waals surface area contributed by atoms with E-state index in [4.69, 9.17) is 4.74 Å². The van der Waals surface area contributed by atoms with E-state index in [9.17, 15) is 18.8 Å². The van der Waals surface area contributed by atoms with E-state index >= 15 is 0 Å². The molecule has 1 heterocycles. The molecule has 1 aliphatic rings. The van der Waals surface area contributed by atoms with Gasteiger partial charge in [-0.2, -0.15) is 0 Å². The van der Waals surface area contributed by atoms with E-state index in [0.717, 1.165) is 16.0 Å². The molecule has 6 nitrogen and oxygen atoms in total. The van der Waals surface area contributed by atoms with E-state index in [1.807, 2.05) is 6.92 Å². The first kappa shape index (κ1) is 23.8. The van der Waals surface area contributed by atoms with Crippen LogP contribution in [-0.2, 0) is 16.2 Å². The Morgan fingerprint density at radius 2 is 1.59 bits per heavy atom. The van der Waals surface area contributed by atoms with Crippen molar-refractivity contribution in [3.63, 3.8) is 0 Å². The Morgan fingerprint density at radius 1 is 0.971 bits per heavy atom. The number of imide groups is 2. The van der Waals surface area contributed by atoms with Gasteiger partial charge in [-0.3, -0.25) is 14.9 Å². The van der Waals surface area contributed by atoms with Gasteiger partial charge in [0.05, 0.1) is 14.6 Å². The highest BCUT2D eigenvalue weighted by molar-refractivity contribution is 9.11. The number of benzene rings is 3. The lowest BCUT2D eigenvalue weighted by Crippen LogP contribution is -2.54. The lowest BCUT2D eigenvalue weighted by molar-refractivity contribution is -0.122. The highest BCUT2D eigenvalue weighted by Gasteiger charge is 2.36. The largest absolute Gasteiger partial charge is 0.487 e. The smallest absolute Gasteiger partial charge is 0.335 e. The summed E-state index contributed by atoms with van der Waals surface area (Å²) in [7, 11) is 0. The number of amides is 4. The van der Waals surface area contributed by atoms with Gasteiger partial charge < -0.3 is 4.74 Å². The van der Waals surface area contributed by atoms with Crippen LogP contribution in [0.3, 0.4) is 0 Å². The second-order valence-corrected chi connectivity index (χ2v) is 9.23. The van der Waals surface area contributed by atoms with Crippen molar-refractivity contribution in [3.05, 3.63) is 97.7 Å². The van der Waals surface area contributed by atoms with Crippen molar-refractivity contribution in [3.8, 4) is 5.75 Å². The van der Waals surface area contributed by atoms with Crippen molar-refractivity contribution >= 4 is 61.5 Å². The quantitative estimate of drug-likeness (QED) is 0.298. The molecule has 1 saturated heterocycles. The van der Waals surface area contributed by atoms with Crippen molar-refractivity contribution in [1.29, 1.82) is 0 Å². The van der Waals surface area contributed by atoms with E-state index in [2.05, 4.69) is 37.2 Å². The van der Waals surface area contributed by atoms with Gasteiger partial charge in [-0.25, -0.2) is 14.1 Å². The topological polar surface area (TPSA) is 75.7 Å². The lowest BCUT2D eigenvalue weighted by atomic mass is 10.1. The molecule has 1 fully saturated rings. The number of carbonyl (C=O) groups excluding carboxylic acids is 3. The fourth-order valence-corrected chi connectivity index (χ4v) is 4.74.